The van der Waals surface area contributed by atoms with Crippen LogP contribution < -0.4 is 10.9 Å². The van der Waals surface area contributed by atoms with Crippen molar-refractivity contribution in [1.29, 1.82) is 0 Å². The van der Waals surface area contributed by atoms with Gasteiger partial charge in [0.2, 0.25) is 5.91 Å². The zero-order chi connectivity index (χ0) is 17.1. The van der Waals surface area contributed by atoms with Crippen molar-refractivity contribution in [2.75, 3.05) is 11.1 Å². The topological polar surface area (TPSA) is 64.0 Å². The molecule has 0 aliphatic carbocycles. The average molecular weight is 451 g/mol. The fourth-order valence-corrected chi connectivity index (χ4v) is 3.32. The molecule has 0 aliphatic heterocycles. The largest absolute Gasteiger partial charge is 0.325 e. The highest BCUT2D eigenvalue weighted by Gasteiger charge is 2.10. The molecular weight excluding hydrogens is 437 g/mol. The molecule has 7 heteroatoms. The quantitative estimate of drug-likeness (QED) is 0.376. The molecule has 1 amide bonds. The van der Waals surface area contributed by atoms with Crippen LogP contribution in [0.5, 0.6) is 0 Å². The van der Waals surface area contributed by atoms with Crippen LogP contribution in [0.4, 0.5) is 5.69 Å². The summed E-state index contributed by atoms with van der Waals surface area (Å²) in [5.41, 5.74) is 1.28. The molecule has 1 heterocycles. The van der Waals surface area contributed by atoms with Crippen molar-refractivity contribution in [2.45, 2.75) is 5.16 Å². The molecule has 1 aromatic heterocycles. The van der Waals surface area contributed by atoms with Crippen LogP contribution in [0, 0.1) is 3.57 Å². The number of halogens is 1. The number of rotatable bonds is 4. The minimum atomic E-state index is -0.136. The van der Waals surface area contributed by atoms with Gasteiger partial charge in [-0.1, -0.05) is 23.9 Å². The van der Waals surface area contributed by atoms with E-state index in [1.807, 2.05) is 36.4 Å². The summed E-state index contributed by atoms with van der Waals surface area (Å²) in [6.45, 7) is 0. The van der Waals surface area contributed by atoms with E-state index in [0.717, 1.165) is 9.26 Å². The van der Waals surface area contributed by atoms with Gasteiger partial charge >= 0.3 is 0 Å². The van der Waals surface area contributed by atoms with Crippen LogP contribution >= 0.6 is 34.4 Å². The predicted octanol–water partition coefficient (Wildman–Crippen LogP) is 3.27. The van der Waals surface area contributed by atoms with Gasteiger partial charge in [-0.05, 0) is 59.0 Å². The summed E-state index contributed by atoms with van der Waals surface area (Å²) in [5, 5.41) is 3.93. The Kier molecular flexibility index (Phi) is 5.20. The molecule has 0 atom stereocenters. The van der Waals surface area contributed by atoms with E-state index in [4.69, 9.17) is 0 Å². The Balaban J connectivity index is 1.73. The number of anilines is 1. The maximum absolute atomic E-state index is 12.3. The first-order valence-electron chi connectivity index (χ1n) is 7.18. The fraction of sp³-hybridized carbons (Fsp3) is 0.118. The molecule has 24 heavy (non-hydrogen) atoms. The summed E-state index contributed by atoms with van der Waals surface area (Å²) in [5.74, 6) is 0.0496. The molecule has 5 nitrogen and oxygen atoms in total. The summed E-state index contributed by atoms with van der Waals surface area (Å²) in [4.78, 5) is 28.9. The summed E-state index contributed by atoms with van der Waals surface area (Å²) >= 11 is 3.46. The SMILES string of the molecule is Cn1c(SCC(=O)Nc2ccc(I)cc2)nc2ccccc2c1=O. The number of nitrogens with zero attached hydrogens (tertiary/aromatic N) is 2. The number of hydrogen-bond acceptors (Lipinski definition) is 4. The van der Waals surface area contributed by atoms with Crippen molar-refractivity contribution in [3.05, 3.63) is 62.5 Å². The number of hydrogen-bond donors (Lipinski definition) is 1. The molecule has 0 fully saturated rings. The van der Waals surface area contributed by atoms with Crippen molar-refractivity contribution in [3.63, 3.8) is 0 Å². The molecule has 0 aliphatic rings. The number of carbonyl (C=O) groups excluding carboxylic acids is 1. The van der Waals surface area contributed by atoms with Crippen molar-refractivity contribution in [1.82, 2.24) is 9.55 Å². The Hall–Kier alpha value is -1.87. The molecule has 3 aromatic rings. The van der Waals surface area contributed by atoms with E-state index >= 15 is 0 Å². The molecule has 2 aromatic carbocycles. The highest BCUT2D eigenvalue weighted by molar-refractivity contribution is 14.1. The average Bonchev–Trinajstić information content (AvgIpc) is 2.59. The van der Waals surface area contributed by atoms with Crippen LogP contribution in [0.2, 0.25) is 0 Å². The third-order valence-corrected chi connectivity index (χ3v) is 5.15. The van der Waals surface area contributed by atoms with Gasteiger partial charge in [-0.15, -0.1) is 0 Å². The molecule has 3 rings (SSSR count). The lowest BCUT2D eigenvalue weighted by atomic mass is 10.2. The molecule has 1 N–H and O–H groups in total. The Morgan fingerprint density at radius 2 is 1.92 bits per heavy atom. The van der Waals surface area contributed by atoms with Crippen LogP contribution in [0.15, 0.2) is 58.5 Å². The maximum atomic E-state index is 12.3. The zero-order valence-corrected chi connectivity index (χ0v) is 15.8. The van der Waals surface area contributed by atoms with Crippen LogP contribution in [0.1, 0.15) is 0 Å². The second kappa shape index (κ2) is 7.35. The number of aromatic nitrogens is 2. The first-order valence-corrected chi connectivity index (χ1v) is 9.25. The maximum Gasteiger partial charge on any atom is 0.261 e. The van der Waals surface area contributed by atoms with Gasteiger partial charge in [-0.2, -0.15) is 0 Å². The summed E-state index contributed by atoms with van der Waals surface area (Å²) < 4.78 is 2.58. The van der Waals surface area contributed by atoms with Gasteiger partial charge in [0.1, 0.15) is 0 Å². The van der Waals surface area contributed by atoms with Gasteiger partial charge < -0.3 is 5.32 Å². The van der Waals surface area contributed by atoms with Crippen LogP contribution in [-0.2, 0) is 11.8 Å². The van der Waals surface area contributed by atoms with E-state index in [1.54, 1.807) is 19.2 Å². The molecule has 122 valence electrons. The molecule has 0 radical (unpaired) electrons. The monoisotopic (exact) mass is 451 g/mol. The highest BCUT2D eigenvalue weighted by Crippen LogP contribution is 2.17. The van der Waals surface area contributed by atoms with Gasteiger partial charge in [0, 0.05) is 16.3 Å². The lowest BCUT2D eigenvalue weighted by Gasteiger charge is -2.09. The first-order chi connectivity index (χ1) is 11.5. The summed E-state index contributed by atoms with van der Waals surface area (Å²) in [6.07, 6.45) is 0. The van der Waals surface area contributed by atoms with Crippen molar-refractivity contribution >= 4 is 56.9 Å². The van der Waals surface area contributed by atoms with Crippen LogP contribution in [0.25, 0.3) is 10.9 Å². The fourth-order valence-electron chi connectivity index (χ4n) is 2.19. The second-order valence-corrected chi connectivity index (χ2v) is 7.31. The van der Waals surface area contributed by atoms with Gasteiger partial charge in [0.05, 0.1) is 16.7 Å². The molecular formula is C17H14IN3O2S. The predicted molar refractivity (Wildman–Crippen MR) is 105 cm³/mol. The van der Waals surface area contributed by atoms with E-state index in [0.29, 0.717) is 16.1 Å². The summed E-state index contributed by atoms with van der Waals surface area (Å²) in [6, 6.07) is 14.8. The molecule has 0 bridgehead atoms. The van der Waals surface area contributed by atoms with Crippen molar-refractivity contribution in [2.24, 2.45) is 7.05 Å². The lowest BCUT2D eigenvalue weighted by Crippen LogP contribution is -2.21. The number of carbonyl (C=O) groups is 1. The van der Waals surface area contributed by atoms with Gasteiger partial charge in [-0.25, -0.2) is 4.98 Å². The van der Waals surface area contributed by atoms with Gasteiger partial charge in [0.25, 0.3) is 5.56 Å². The Bertz CT molecular complexity index is 954. The van der Waals surface area contributed by atoms with E-state index in [-0.39, 0.29) is 17.2 Å². The highest BCUT2D eigenvalue weighted by atomic mass is 127. The number of nitrogens with one attached hydrogen (secondary N) is 1. The zero-order valence-electron chi connectivity index (χ0n) is 12.8. The summed E-state index contributed by atoms with van der Waals surface area (Å²) in [7, 11) is 1.67. The molecule has 0 saturated carbocycles. The van der Waals surface area contributed by atoms with Crippen molar-refractivity contribution in [3.8, 4) is 0 Å². The standard InChI is InChI=1S/C17H14IN3O2S/c1-21-16(23)13-4-2-3-5-14(13)20-17(21)24-10-15(22)19-12-8-6-11(18)7-9-12/h2-9H,10H2,1H3,(H,19,22). The first kappa shape index (κ1) is 17.0. The van der Waals surface area contributed by atoms with Crippen molar-refractivity contribution < 1.29 is 4.79 Å². The second-order valence-electron chi connectivity index (χ2n) is 5.12. The lowest BCUT2D eigenvalue weighted by molar-refractivity contribution is -0.113. The van der Waals surface area contributed by atoms with Crippen LogP contribution in [0.3, 0.4) is 0 Å². The van der Waals surface area contributed by atoms with Gasteiger partial charge in [0.15, 0.2) is 5.16 Å². The molecule has 0 saturated heterocycles. The number of benzene rings is 2. The van der Waals surface area contributed by atoms with E-state index in [2.05, 4.69) is 32.9 Å². The number of amides is 1. The number of thioether (sulfide) groups is 1. The number of fused-ring (bicyclic) bond motifs is 1. The Morgan fingerprint density at radius 3 is 2.67 bits per heavy atom. The smallest absolute Gasteiger partial charge is 0.261 e. The minimum absolute atomic E-state index is 0.110. The Morgan fingerprint density at radius 1 is 1.21 bits per heavy atom. The van der Waals surface area contributed by atoms with E-state index in [9.17, 15) is 9.59 Å². The van der Waals surface area contributed by atoms with E-state index < -0.39 is 0 Å². The third-order valence-electron chi connectivity index (χ3n) is 3.40. The van der Waals surface area contributed by atoms with Gasteiger partial charge in [-0.3, -0.25) is 14.2 Å². The Labute approximate surface area is 156 Å². The molecule has 0 unspecified atom stereocenters. The minimum Gasteiger partial charge on any atom is -0.325 e. The van der Waals surface area contributed by atoms with Crippen LogP contribution in [-0.4, -0.2) is 21.2 Å². The normalized spacial score (nSPS) is 10.8. The number of para-hydroxylation sites is 1. The molecule has 0 spiro atoms. The van der Waals surface area contributed by atoms with E-state index in [1.165, 1.54) is 16.3 Å². The third kappa shape index (κ3) is 3.78.